The Hall–Kier alpha value is -2.75. The van der Waals surface area contributed by atoms with Crippen LogP contribution >= 0.6 is 0 Å². The minimum Gasteiger partial charge on any atom is -0.335 e. The van der Waals surface area contributed by atoms with Crippen molar-refractivity contribution in [3.8, 4) is 0 Å². The molecule has 25 heavy (non-hydrogen) atoms. The van der Waals surface area contributed by atoms with Gasteiger partial charge < -0.3 is 15.7 Å². The van der Waals surface area contributed by atoms with Gasteiger partial charge in [0.25, 0.3) is 5.91 Å². The topological polar surface area (TPSA) is 68.0 Å². The third kappa shape index (κ3) is 5.38. The van der Waals surface area contributed by atoms with Gasteiger partial charge in [0.05, 0.1) is 5.71 Å². The first kappa shape index (κ1) is 18.6. The van der Waals surface area contributed by atoms with Crippen molar-refractivity contribution >= 4 is 17.3 Å². The molecule has 1 amide bonds. The maximum atomic E-state index is 12.6. The van der Waals surface area contributed by atoms with Crippen LogP contribution in [0.25, 0.3) is 0 Å². The lowest BCUT2D eigenvalue weighted by Gasteiger charge is -2.21. The molecule has 4 heteroatoms. The molecule has 0 aliphatic carbocycles. The lowest BCUT2D eigenvalue weighted by molar-refractivity contribution is 0.0752. The molecule has 0 fully saturated rings. The van der Waals surface area contributed by atoms with Crippen molar-refractivity contribution in [3.05, 3.63) is 71.3 Å². The van der Waals surface area contributed by atoms with E-state index in [4.69, 9.17) is 10.8 Å². The van der Waals surface area contributed by atoms with Gasteiger partial charge in [0.2, 0.25) is 0 Å². The predicted octanol–water partition coefficient (Wildman–Crippen LogP) is 4.34. The van der Waals surface area contributed by atoms with Crippen LogP contribution in [0.4, 0.5) is 0 Å². The van der Waals surface area contributed by atoms with E-state index < -0.39 is 0 Å². The Bertz CT molecular complexity index is 753. The lowest BCUT2D eigenvalue weighted by atomic mass is 10.0. The highest BCUT2D eigenvalue weighted by atomic mass is 16.2. The number of rotatable bonds is 8. The summed E-state index contributed by atoms with van der Waals surface area (Å²) in [5, 5.41) is 15.2. The fraction of sp³-hybridized carbons (Fsp3) is 0.286. The Morgan fingerprint density at radius 3 is 2.32 bits per heavy atom. The molecule has 0 aromatic heterocycles. The van der Waals surface area contributed by atoms with Crippen molar-refractivity contribution in [1.82, 2.24) is 4.90 Å². The third-order valence-electron chi connectivity index (χ3n) is 4.17. The Morgan fingerprint density at radius 2 is 1.68 bits per heavy atom. The van der Waals surface area contributed by atoms with E-state index in [2.05, 4.69) is 6.07 Å². The number of aryl methyl sites for hydroxylation is 1. The van der Waals surface area contributed by atoms with Crippen LogP contribution in [0, 0.1) is 10.8 Å². The highest BCUT2D eigenvalue weighted by Gasteiger charge is 2.14. The smallest absolute Gasteiger partial charge is 0.254 e. The third-order valence-corrected chi connectivity index (χ3v) is 4.17. The Balaban J connectivity index is 2.05. The monoisotopic (exact) mass is 335 g/mol. The van der Waals surface area contributed by atoms with Crippen molar-refractivity contribution in [2.75, 3.05) is 6.54 Å². The molecule has 0 aliphatic heterocycles. The van der Waals surface area contributed by atoms with Crippen LogP contribution in [-0.4, -0.2) is 28.8 Å². The molecular formula is C21H25N3O. The largest absolute Gasteiger partial charge is 0.335 e. The molecule has 0 aliphatic rings. The van der Waals surface area contributed by atoms with Crippen LogP contribution in [0.1, 0.15) is 41.8 Å². The molecule has 0 radical (unpaired) electrons. The number of nitrogens with zero attached hydrogens (tertiary/aromatic N) is 1. The van der Waals surface area contributed by atoms with E-state index in [0.717, 1.165) is 17.5 Å². The van der Waals surface area contributed by atoms with Gasteiger partial charge in [-0.15, -0.1) is 0 Å². The SMILES string of the molecule is CCN(Cc1cccc(CCC(=N)C(C)=N)c1)C(=O)c1ccccc1. The molecule has 130 valence electrons. The lowest BCUT2D eigenvalue weighted by Crippen LogP contribution is -2.30. The number of hydrogen-bond acceptors (Lipinski definition) is 3. The number of hydrogen-bond donors (Lipinski definition) is 2. The first-order valence-corrected chi connectivity index (χ1v) is 8.56. The van der Waals surface area contributed by atoms with Crippen molar-refractivity contribution in [1.29, 1.82) is 10.8 Å². The van der Waals surface area contributed by atoms with Gasteiger partial charge in [-0.25, -0.2) is 0 Å². The molecule has 0 bridgehead atoms. The van der Waals surface area contributed by atoms with Gasteiger partial charge in [0.15, 0.2) is 0 Å². The Kier molecular flexibility index (Phi) is 6.63. The zero-order valence-corrected chi connectivity index (χ0v) is 14.9. The van der Waals surface area contributed by atoms with E-state index >= 15 is 0 Å². The summed E-state index contributed by atoms with van der Waals surface area (Å²) in [5.41, 5.74) is 3.62. The van der Waals surface area contributed by atoms with Crippen LogP contribution in [0.15, 0.2) is 54.6 Å². The van der Waals surface area contributed by atoms with Crippen LogP contribution in [0.2, 0.25) is 0 Å². The van der Waals surface area contributed by atoms with Gasteiger partial charge in [-0.3, -0.25) is 4.79 Å². The minimum absolute atomic E-state index is 0.0368. The molecule has 0 heterocycles. The molecule has 0 unspecified atom stereocenters. The van der Waals surface area contributed by atoms with Crippen LogP contribution in [0.5, 0.6) is 0 Å². The first-order chi connectivity index (χ1) is 12.0. The highest BCUT2D eigenvalue weighted by molar-refractivity contribution is 6.38. The first-order valence-electron chi connectivity index (χ1n) is 8.56. The molecule has 2 aromatic rings. The van der Waals surface area contributed by atoms with Gasteiger partial charge in [0, 0.05) is 24.4 Å². The molecule has 0 saturated carbocycles. The second-order valence-electron chi connectivity index (χ2n) is 6.11. The average Bonchev–Trinajstić information content (AvgIpc) is 2.64. The van der Waals surface area contributed by atoms with Gasteiger partial charge in [0.1, 0.15) is 0 Å². The van der Waals surface area contributed by atoms with Crippen LogP contribution in [0.3, 0.4) is 0 Å². The summed E-state index contributed by atoms with van der Waals surface area (Å²) in [6.07, 6.45) is 1.31. The highest BCUT2D eigenvalue weighted by Crippen LogP contribution is 2.13. The molecule has 2 aromatic carbocycles. The van der Waals surface area contributed by atoms with E-state index in [1.165, 1.54) is 0 Å². The summed E-state index contributed by atoms with van der Waals surface area (Å²) in [7, 11) is 0. The number of amides is 1. The summed E-state index contributed by atoms with van der Waals surface area (Å²) >= 11 is 0. The summed E-state index contributed by atoms with van der Waals surface area (Å²) in [6, 6.07) is 17.5. The summed E-state index contributed by atoms with van der Waals surface area (Å²) in [4.78, 5) is 14.5. The maximum absolute atomic E-state index is 12.6. The quantitative estimate of drug-likeness (QED) is 0.692. The van der Waals surface area contributed by atoms with Gasteiger partial charge in [-0.05, 0) is 49.9 Å². The molecule has 0 atom stereocenters. The summed E-state index contributed by atoms with van der Waals surface area (Å²) in [5.74, 6) is 0.0368. The summed E-state index contributed by atoms with van der Waals surface area (Å²) < 4.78 is 0. The summed E-state index contributed by atoms with van der Waals surface area (Å²) in [6.45, 7) is 4.85. The second-order valence-corrected chi connectivity index (χ2v) is 6.11. The average molecular weight is 335 g/mol. The Morgan fingerprint density at radius 1 is 1.00 bits per heavy atom. The fourth-order valence-electron chi connectivity index (χ4n) is 2.65. The molecule has 2 N–H and O–H groups in total. The zero-order chi connectivity index (χ0) is 18.2. The molecule has 0 spiro atoms. The minimum atomic E-state index is 0.0368. The molecule has 2 rings (SSSR count). The number of carbonyl (C=O) groups excluding carboxylic acids is 1. The predicted molar refractivity (Wildman–Crippen MR) is 103 cm³/mol. The van der Waals surface area contributed by atoms with E-state index in [1.54, 1.807) is 6.92 Å². The zero-order valence-electron chi connectivity index (χ0n) is 14.9. The van der Waals surface area contributed by atoms with E-state index in [-0.39, 0.29) is 5.91 Å². The van der Waals surface area contributed by atoms with E-state index in [9.17, 15) is 4.79 Å². The van der Waals surface area contributed by atoms with Gasteiger partial charge in [-0.2, -0.15) is 0 Å². The van der Waals surface area contributed by atoms with Gasteiger partial charge >= 0.3 is 0 Å². The molecule has 4 nitrogen and oxygen atoms in total. The van der Waals surface area contributed by atoms with Crippen molar-refractivity contribution in [2.45, 2.75) is 33.2 Å². The van der Waals surface area contributed by atoms with Crippen molar-refractivity contribution in [3.63, 3.8) is 0 Å². The number of benzene rings is 2. The normalized spacial score (nSPS) is 10.3. The van der Waals surface area contributed by atoms with E-state index in [0.29, 0.717) is 36.5 Å². The molecular weight excluding hydrogens is 310 g/mol. The van der Waals surface area contributed by atoms with Gasteiger partial charge in [-0.1, -0.05) is 42.5 Å². The number of carbonyl (C=O) groups is 1. The second kappa shape index (κ2) is 8.92. The van der Waals surface area contributed by atoms with Crippen LogP contribution in [-0.2, 0) is 13.0 Å². The van der Waals surface area contributed by atoms with E-state index in [1.807, 2.05) is 60.4 Å². The van der Waals surface area contributed by atoms with Crippen molar-refractivity contribution < 1.29 is 4.79 Å². The number of nitrogens with one attached hydrogen (secondary N) is 2. The fourth-order valence-corrected chi connectivity index (χ4v) is 2.65. The molecule has 0 saturated heterocycles. The maximum Gasteiger partial charge on any atom is 0.254 e. The standard InChI is InChI=1S/C21H25N3O/c1-3-24(21(25)19-10-5-4-6-11-19)15-18-9-7-8-17(14-18)12-13-20(23)16(2)22/h4-11,14,22-23H,3,12-13,15H2,1-2H3. The van der Waals surface area contributed by atoms with Crippen LogP contribution < -0.4 is 0 Å². The van der Waals surface area contributed by atoms with Crippen molar-refractivity contribution in [2.24, 2.45) is 0 Å². The Labute approximate surface area is 149 Å².